The van der Waals surface area contributed by atoms with Gasteiger partial charge in [-0.05, 0) is 59.4 Å². The number of benzene rings is 1. The summed E-state index contributed by atoms with van der Waals surface area (Å²) in [4.78, 5) is 9.34. The summed E-state index contributed by atoms with van der Waals surface area (Å²) in [5, 5.41) is 3.75. The minimum absolute atomic E-state index is 0.296. The van der Waals surface area contributed by atoms with Crippen molar-refractivity contribution in [1.29, 1.82) is 0 Å². The van der Waals surface area contributed by atoms with Gasteiger partial charge in [0.2, 0.25) is 0 Å². The molecule has 0 fully saturated rings. The number of hydrogen-bond donors (Lipinski definition) is 3. The summed E-state index contributed by atoms with van der Waals surface area (Å²) in [5.41, 5.74) is 12.5. The summed E-state index contributed by atoms with van der Waals surface area (Å²) in [5.74, 6) is 0.744. The second-order valence-electron chi connectivity index (χ2n) is 4.30. The summed E-state index contributed by atoms with van der Waals surface area (Å²) in [6.07, 6.45) is 0. The van der Waals surface area contributed by atoms with Crippen molar-refractivity contribution in [3.63, 3.8) is 0 Å². The lowest BCUT2D eigenvalue weighted by Crippen LogP contribution is -2.12. The van der Waals surface area contributed by atoms with E-state index in [0.717, 1.165) is 9.37 Å². The van der Waals surface area contributed by atoms with E-state index in [-0.39, 0.29) is 0 Å². The lowest BCUT2D eigenvalue weighted by molar-refractivity contribution is 0.651. The molecule has 1 heterocycles. The Morgan fingerprint density at radius 2 is 1.85 bits per heavy atom. The van der Waals surface area contributed by atoms with E-state index in [0.29, 0.717) is 22.8 Å². The van der Waals surface area contributed by atoms with E-state index < -0.39 is 0 Å². The fourth-order valence-corrected chi connectivity index (χ4v) is 3.07. The normalized spacial score (nSPS) is 12.3. The molecule has 1 unspecified atom stereocenters. The van der Waals surface area contributed by atoms with Crippen LogP contribution >= 0.6 is 27.7 Å². The molecular formula is C13H16BrN5S. The molecule has 2 rings (SSSR count). The van der Waals surface area contributed by atoms with Crippen LogP contribution < -0.4 is 16.8 Å². The second kappa shape index (κ2) is 6.43. The van der Waals surface area contributed by atoms with Gasteiger partial charge >= 0.3 is 0 Å². The highest BCUT2D eigenvalue weighted by Crippen LogP contribution is 2.33. The minimum atomic E-state index is 0.296. The third-order valence-corrected chi connectivity index (χ3v) is 4.70. The molecule has 20 heavy (non-hydrogen) atoms. The van der Waals surface area contributed by atoms with Gasteiger partial charge in [-0.3, -0.25) is 0 Å². The van der Waals surface area contributed by atoms with Gasteiger partial charge in [0.25, 0.3) is 0 Å². The van der Waals surface area contributed by atoms with Crippen molar-refractivity contribution < 1.29 is 0 Å². The van der Waals surface area contributed by atoms with Crippen molar-refractivity contribution in [2.24, 2.45) is 0 Å². The van der Waals surface area contributed by atoms with Gasteiger partial charge in [-0.25, -0.2) is 9.97 Å². The molecule has 0 saturated heterocycles. The number of anilines is 2. The minimum Gasteiger partial charge on any atom is -0.383 e. The molecule has 7 heteroatoms. The van der Waals surface area contributed by atoms with Crippen molar-refractivity contribution >= 4 is 39.3 Å². The molecule has 0 aliphatic carbocycles. The molecule has 0 amide bonds. The quantitative estimate of drug-likeness (QED) is 0.732. The van der Waals surface area contributed by atoms with Gasteiger partial charge in [0.05, 0.1) is 0 Å². The molecule has 1 atom stereocenters. The van der Waals surface area contributed by atoms with Gasteiger partial charge in [-0.1, -0.05) is 6.07 Å². The predicted molar refractivity (Wildman–Crippen MR) is 86.6 cm³/mol. The zero-order valence-electron chi connectivity index (χ0n) is 11.2. The van der Waals surface area contributed by atoms with Crippen molar-refractivity contribution in [2.75, 3.05) is 18.5 Å². The highest BCUT2D eigenvalue weighted by Gasteiger charge is 2.09. The summed E-state index contributed by atoms with van der Waals surface area (Å²) < 4.78 is 0.992. The van der Waals surface area contributed by atoms with E-state index in [9.17, 15) is 0 Å². The molecule has 1 aromatic carbocycles. The maximum atomic E-state index is 5.67. The number of nitrogens with zero attached hydrogens (tertiary/aromatic N) is 2. The zero-order valence-corrected chi connectivity index (χ0v) is 13.6. The molecule has 0 saturated carbocycles. The number of nitrogens with two attached hydrogens (primary N) is 2. The maximum Gasteiger partial charge on any atom is 0.196 e. The van der Waals surface area contributed by atoms with Crippen LogP contribution in [0.1, 0.15) is 18.5 Å². The Kier molecular flexibility index (Phi) is 4.85. The Labute approximate surface area is 130 Å². The van der Waals surface area contributed by atoms with Crippen LogP contribution in [-0.2, 0) is 0 Å². The standard InChI is InChI=1S/C13H16BrN5S/c1-7(17-2)8-3-4-10(9(14)5-8)20-13-18-11(15)6-12(16)19-13/h3-7,17H,1-2H3,(H4,15,16,18,19). The van der Waals surface area contributed by atoms with Crippen molar-refractivity contribution in [3.8, 4) is 0 Å². The first-order chi connectivity index (χ1) is 9.49. The van der Waals surface area contributed by atoms with Gasteiger partial charge in [0, 0.05) is 21.5 Å². The zero-order chi connectivity index (χ0) is 14.7. The number of nitrogens with one attached hydrogen (secondary N) is 1. The maximum absolute atomic E-state index is 5.67. The Bertz CT molecular complexity index is 599. The average Bonchev–Trinajstić information content (AvgIpc) is 2.39. The average molecular weight is 354 g/mol. The smallest absolute Gasteiger partial charge is 0.196 e. The van der Waals surface area contributed by atoms with E-state index in [1.165, 1.54) is 23.4 Å². The van der Waals surface area contributed by atoms with Crippen molar-refractivity contribution in [2.45, 2.75) is 23.0 Å². The summed E-state index contributed by atoms with van der Waals surface area (Å²) in [6.45, 7) is 2.11. The van der Waals surface area contributed by atoms with Crippen molar-refractivity contribution in [3.05, 3.63) is 34.3 Å². The van der Waals surface area contributed by atoms with E-state index in [1.807, 2.05) is 13.1 Å². The molecule has 0 aliphatic heterocycles. The van der Waals surface area contributed by atoms with E-state index in [2.05, 4.69) is 50.3 Å². The lowest BCUT2D eigenvalue weighted by Gasteiger charge is -2.12. The number of hydrogen-bond acceptors (Lipinski definition) is 6. The molecule has 5 nitrogen and oxygen atoms in total. The molecule has 1 aromatic heterocycles. The Balaban J connectivity index is 2.25. The largest absolute Gasteiger partial charge is 0.383 e. The third-order valence-electron chi connectivity index (χ3n) is 2.84. The van der Waals surface area contributed by atoms with Crippen LogP contribution in [0.25, 0.3) is 0 Å². The molecule has 0 aliphatic rings. The van der Waals surface area contributed by atoms with E-state index in [1.54, 1.807) is 0 Å². The monoisotopic (exact) mass is 353 g/mol. The van der Waals surface area contributed by atoms with Gasteiger partial charge < -0.3 is 16.8 Å². The lowest BCUT2D eigenvalue weighted by atomic mass is 10.1. The van der Waals surface area contributed by atoms with Crippen LogP contribution in [0.3, 0.4) is 0 Å². The fraction of sp³-hybridized carbons (Fsp3) is 0.231. The Morgan fingerprint density at radius 3 is 2.40 bits per heavy atom. The number of rotatable bonds is 4. The van der Waals surface area contributed by atoms with Gasteiger partial charge in [-0.2, -0.15) is 0 Å². The fourth-order valence-electron chi connectivity index (χ4n) is 1.64. The molecule has 0 spiro atoms. The summed E-state index contributed by atoms with van der Waals surface area (Å²) in [6, 6.07) is 8.02. The van der Waals surface area contributed by atoms with Gasteiger partial charge in [-0.15, -0.1) is 0 Å². The second-order valence-corrected chi connectivity index (χ2v) is 6.17. The Morgan fingerprint density at radius 1 is 1.20 bits per heavy atom. The van der Waals surface area contributed by atoms with Crippen LogP contribution in [-0.4, -0.2) is 17.0 Å². The van der Waals surface area contributed by atoms with Crippen LogP contribution in [0.5, 0.6) is 0 Å². The molecule has 5 N–H and O–H groups in total. The SMILES string of the molecule is CNC(C)c1ccc(Sc2nc(N)cc(N)n2)c(Br)c1. The van der Waals surface area contributed by atoms with Gasteiger partial charge in [0.1, 0.15) is 11.6 Å². The summed E-state index contributed by atoms with van der Waals surface area (Å²) in [7, 11) is 1.94. The highest BCUT2D eigenvalue weighted by atomic mass is 79.9. The first-order valence-corrected chi connectivity index (χ1v) is 7.65. The molecule has 0 radical (unpaired) electrons. The first kappa shape index (κ1) is 15.1. The predicted octanol–water partition coefficient (Wildman–Crippen LogP) is 2.84. The molecule has 2 aromatic rings. The molecule has 106 valence electrons. The van der Waals surface area contributed by atoms with Crippen molar-refractivity contribution in [1.82, 2.24) is 15.3 Å². The number of halogens is 1. The van der Waals surface area contributed by atoms with E-state index >= 15 is 0 Å². The highest BCUT2D eigenvalue weighted by molar-refractivity contribution is 9.10. The summed E-state index contributed by atoms with van der Waals surface area (Å²) >= 11 is 4.99. The Hall–Kier alpha value is -1.31. The van der Waals surface area contributed by atoms with Crippen LogP contribution in [0.15, 0.2) is 38.8 Å². The topological polar surface area (TPSA) is 89.8 Å². The molecule has 0 bridgehead atoms. The first-order valence-electron chi connectivity index (χ1n) is 6.04. The van der Waals surface area contributed by atoms with Crippen LogP contribution in [0.4, 0.5) is 11.6 Å². The number of aromatic nitrogens is 2. The van der Waals surface area contributed by atoms with E-state index in [4.69, 9.17) is 11.5 Å². The molecular weight excluding hydrogens is 338 g/mol. The van der Waals surface area contributed by atoms with Crippen LogP contribution in [0.2, 0.25) is 0 Å². The third kappa shape index (κ3) is 3.62. The number of nitrogen functional groups attached to an aromatic ring is 2. The van der Waals surface area contributed by atoms with Gasteiger partial charge in [0.15, 0.2) is 5.16 Å². The van der Waals surface area contributed by atoms with Crippen LogP contribution in [0, 0.1) is 0 Å².